The summed E-state index contributed by atoms with van der Waals surface area (Å²) >= 11 is 0. The molecule has 2 rings (SSSR count). The lowest BCUT2D eigenvalue weighted by Crippen LogP contribution is -1.96. The molecule has 0 bridgehead atoms. The van der Waals surface area contributed by atoms with E-state index in [-0.39, 0.29) is 0 Å². The van der Waals surface area contributed by atoms with Crippen LogP contribution < -0.4 is 4.74 Å². The van der Waals surface area contributed by atoms with Crippen molar-refractivity contribution < 1.29 is 9.26 Å². The second-order valence-electron chi connectivity index (χ2n) is 3.20. The molecule has 3 nitrogen and oxygen atoms in total. The van der Waals surface area contributed by atoms with E-state index in [2.05, 4.69) is 12.1 Å². The summed E-state index contributed by atoms with van der Waals surface area (Å²) in [7, 11) is 0. The molecule has 0 fully saturated rings. The Balaban J connectivity index is 2.19. The minimum Gasteiger partial charge on any atom is -0.490 e. The number of benzene rings is 1. The van der Waals surface area contributed by atoms with Crippen LogP contribution >= 0.6 is 0 Å². The molecule has 0 amide bonds. The number of hydrogen-bond donors (Lipinski definition) is 0. The van der Waals surface area contributed by atoms with Gasteiger partial charge in [-0.2, -0.15) is 0 Å². The first-order valence-electron chi connectivity index (χ1n) is 4.88. The molecule has 3 heteroatoms. The van der Waals surface area contributed by atoms with Crippen LogP contribution in [0.15, 0.2) is 28.9 Å². The SMILES string of the molecule is CCCCOc1cccc2cnoc12. The molecule has 0 aliphatic heterocycles. The molecule has 0 aliphatic carbocycles. The Morgan fingerprint density at radius 3 is 3.21 bits per heavy atom. The fourth-order valence-electron chi connectivity index (χ4n) is 1.31. The summed E-state index contributed by atoms with van der Waals surface area (Å²) in [5, 5.41) is 4.72. The Bertz CT molecular complexity index is 408. The van der Waals surface area contributed by atoms with Gasteiger partial charge < -0.3 is 9.26 Å². The molecule has 0 aliphatic rings. The molecule has 0 N–H and O–H groups in total. The standard InChI is InChI=1S/C11H13NO2/c1-2-3-7-13-10-6-4-5-9-8-12-14-11(9)10/h4-6,8H,2-3,7H2,1H3. The highest BCUT2D eigenvalue weighted by molar-refractivity contribution is 5.81. The molecule has 14 heavy (non-hydrogen) atoms. The Morgan fingerprint density at radius 2 is 2.36 bits per heavy atom. The summed E-state index contributed by atoms with van der Waals surface area (Å²) in [6, 6.07) is 5.81. The minimum absolute atomic E-state index is 0.732. The van der Waals surface area contributed by atoms with Crippen LogP contribution in [0, 0.1) is 0 Å². The quantitative estimate of drug-likeness (QED) is 0.697. The van der Waals surface area contributed by atoms with Crippen LogP contribution in [0.25, 0.3) is 11.0 Å². The van der Waals surface area contributed by atoms with Crippen molar-refractivity contribution >= 4 is 11.0 Å². The van der Waals surface area contributed by atoms with Crippen LogP contribution in [-0.2, 0) is 0 Å². The predicted octanol–water partition coefficient (Wildman–Crippen LogP) is 3.01. The van der Waals surface area contributed by atoms with E-state index in [9.17, 15) is 0 Å². The van der Waals surface area contributed by atoms with Crippen LogP contribution in [-0.4, -0.2) is 11.8 Å². The molecular formula is C11H13NO2. The average Bonchev–Trinajstić information content (AvgIpc) is 2.67. The molecule has 0 saturated carbocycles. The van der Waals surface area contributed by atoms with Gasteiger partial charge in [-0.3, -0.25) is 0 Å². The van der Waals surface area contributed by atoms with Gasteiger partial charge in [-0.25, -0.2) is 0 Å². The van der Waals surface area contributed by atoms with E-state index in [1.807, 2.05) is 18.2 Å². The fourth-order valence-corrected chi connectivity index (χ4v) is 1.31. The van der Waals surface area contributed by atoms with Gasteiger partial charge in [0, 0.05) is 5.39 Å². The first kappa shape index (κ1) is 9.06. The highest BCUT2D eigenvalue weighted by Crippen LogP contribution is 2.24. The zero-order chi connectivity index (χ0) is 9.80. The van der Waals surface area contributed by atoms with Crippen molar-refractivity contribution in [2.45, 2.75) is 19.8 Å². The van der Waals surface area contributed by atoms with Crippen LogP contribution in [0.2, 0.25) is 0 Å². The molecular weight excluding hydrogens is 178 g/mol. The monoisotopic (exact) mass is 191 g/mol. The number of ether oxygens (including phenoxy) is 1. The smallest absolute Gasteiger partial charge is 0.208 e. The van der Waals surface area contributed by atoms with Crippen LogP contribution in [0.1, 0.15) is 19.8 Å². The van der Waals surface area contributed by atoms with E-state index >= 15 is 0 Å². The zero-order valence-electron chi connectivity index (χ0n) is 8.19. The van der Waals surface area contributed by atoms with Crippen LogP contribution in [0.3, 0.4) is 0 Å². The van der Waals surface area contributed by atoms with Crippen molar-refractivity contribution in [1.29, 1.82) is 0 Å². The van der Waals surface area contributed by atoms with Crippen LogP contribution in [0.5, 0.6) is 5.75 Å². The average molecular weight is 191 g/mol. The van der Waals surface area contributed by atoms with Gasteiger partial charge in [-0.1, -0.05) is 24.6 Å². The number of nitrogens with zero attached hydrogens (tertiary/aromatic N) is 1. The van der Waals surface area contributed by atoms with Gasteiger partial charge in [0.25, 0.3) is 0 Å². The highest BCUT2D eigenvalue weighted by atomic mass is 16.5. The normalized spacial score (nSPS) is 10.6. The molecule has 74 valence electrons. The van der Waals surface area contributed by atoms with Crippen molar-refractivity contribution in [3.05, 3.63) is 24.4 Å². The van der Waals surface area contributed by atoms with Crippen molar-refractivity contribution in [2.75, 3.05) is 6.61 Å². The summed E-state index contributed by atoms with van der Waals surface area (Å²) in [5.41, 5.74) is 0.739. The lowest BCUT2D eigenvalue weighted by atomic mass is 10.2. The molecule has 0 unspecified atom stereocenters. The van der Waals surface area contributed by atoms with Gasteiger partial charge in [0.05, 0.1) is 12.8 Å². The van der Waals surface area contributed by atoms with Gasteiger partial charge in [0.1, 0.15) is 0 Å². The summed E-state index contributed by atoms with van der Waals surface area (Å²) in [6.07, 6.45) is 3.89. The first-order valence-corrected chi connectivity index (χ1v) is 4.88. The number of para-hydroxylation sites is 1. The third-order valence-electron chi connectivity index (χ3n) is 2.10. The van der Waals surface area contributed by atoms with E-state index in [0.717, 1.165) is 36.2 Å². The van der Waals surface area contributed by atoms with E-state index in [1.165, 1.54) is 0 Å². The summed E-state index contributed by atoms with van der Waals surface area (Å²) < 4.78 is 10.7. The molecule has 1 aromatic carbocycles. The lowest BCUT2D eigenvalue weighted by molar-refractivity contribution is 0.305. The van der Waals surface area contributed by atoms with Gasteiger partial charge in [-0.05, 0) is 18.6 Å². The van der Waals surface area contributed by atoms with E-state index in [0.29, 0.717) is 0 Å². The van der Waals surface area contributed by atoms with Crippen molar-refractivity contribution in [1.82, 2.24) is 5.16 Å². The predicted molar refractivity (Wildman–Crippen MR) is 54.4 cm³/mol. The molecule has 0 spiro atoms. The molecule has 1 heterocycles. The van der Waals surface area contributed by atoms with Gasteiger partial charge in [0.2, 0.25) is 5.58 Å². The van der Waals surface area contributed by atoms with Crippen LogP contribution in [0.4, 0.5) is 0 Å². The van der Waals surface area contributed by atoms with Gasteiger partial charge in [-0.15, -0.1) is 0 Å². The lowest BCUT2D eigenvalue weighted by Gasteiger charge is -2.04. The maximum atomic E-state index is 5.58. The molecule has 1 aromatic heterocycles. The first-order chi connectivity index (χ1) is 6.92. The number of fused-ring (bicyclic) bond motifs is 1. The van der Waals surface area contributed by atoms with Crippen molar-refractivity contribution in [2.24, 2.45) is 0 Å². The zero-order valence-corrected chi connectivity index (χ0v) is 8.19. The van der Waals surface area contributed by atoms with E-state index in [4.69, 9.17) is 9.26 Å². The third kappa shape index (κ3) is 1.71. The number of aromatic nitrogens is 1. The van der Waals surface area contributed by atoms with E-state index < -0.39 is 0 Å². The van der Waals surface area contributed by atoms with E-state index in [1.54, 1.807) is 6.20 Å². The summed E-state index contributed by atoms with van der Waals surface area (Å²) in [4.78, 5) is 0. The molecule has 0 saturated heterocycles. The number of hydrogen-bond acceptors (Lipinski definition) is 3. The van der Waals surface area contributed by atoms with Crippen molar-refractivity contribution in [3.8, 4) is 5.75 Å². The maximum Gasteiger partial charge on any atom is 0.208 e. The Kier molecular flexibility index (Phi) is 2.68. The van der Waals surface area contributed by atoms with Crippen molar-refractivity contribution in [3.63, 3.8) is 0 Å². The molecule has 2 aromatic rings. The summed E-state index contributed by atoms with van der Waals surface area (Å²) in [6.45, 7) is 2.87. The number of rotatable bonds is 4. The third-order valence-corrected chi connectivity index (χ3v) is 2.10. The second-order valence-corrected chi connectivity index (χ2v) is 3.20. The maximum absolute atomic E-state index is 5.58. The largest absolute Gasteiger partial charge is 0.490 e. The van der Waals surface area contributed by atoms with Gasteiger partial charge >= 0.3 is 0 Å². The summed E-state index contributed by atoms with van der Waals surface area (Å²) in [5.74, 6) is 0.786. The molecule has 0 radical (unpaired) electrons. The minimum atomic E-state index is 0.732. The van der Waals surface area contributed by atoms with Gasteiger partial charge in [0.15, 0.2) is 5.75 Å². The molecule has 0 atom stereocenters. The fraction of sp³-hybridized carbons (Fsp3) is 0.364. The Morgan fingerprint density at radius 1 is 1.43 bits per heavy atom. The second kappa shape index (κ2) is 4.13. The number of unbranched alkanes of at least 4 members (excludes halogenated alkanes) is 1. The Hall–Kier alpha value is -1.51. The topological polar surface area (TPSA) is 35.3 Å². The Labute approximate surface area is 82.7 Å². The highest BCUT2D eigenvalue weighted by Gasteiger charge is 2.05.